The number of aryl methyl sites for hydroxylation is 1. The standard InChI is InChI=1S/C13H21N3O/c1-16-13(12(17-2)9-15-16)11(14)8-10-6-4-3-5-7-10/h6,9,11H,3-5,7-8,14H2,1-2H3. The van der Waals surface area contributed by atoms with Crippen LogP contribution in [0.4, 0.5) is 0 Å². The fraction of sp³-hybridized carbons (Fsp3) is 0.615. The summed E-state index contributed by atoms with van der Waals surface area (Å²) in [6.07, 6.45) is 9.97. The molecule has 1 aromatic heterocycles. The smallest absolute Gasteiger partial charge is 0.161 e. The van der Waals surface area contributed by atoms with E-state index < -0.39 is 0 Å². The van der Waals surface area contributed by atoms with Crippen LogP contribution in [0.5, 0.6) is 5.75 Å². The molecule has 0 amide bonds. The van der Waals surface area contributed by atoms with Crippen LogP contribution in [0.1, 0.15) is 43.8 Å². The van der Waals surface area contributed by atoms with Crippen molar-refractivity contribution in [3.63, 3.8) is 0 Å². The Hall–Kier alpha value is -1.29. The van der Waals surface area contributed by atoms with E-state index in [1.54, 1.807) is 13.3 Å². The van der Waals surface area contributed by atoms with E-state index in [0.717, 1.165) is 17.9 Å². The molecule has 1 aliphatic carbocycles. The van der Waals surface area contributed by atoms with Gasteiger partial charge in [0.1, 0.15) is 0 Å². The van der Waals surface area contributed by atoms with E-state index in [-0.39, 0.29) is 6.04 Å². The van der Waals surface area contributed by atoms with Crippen molar-refractivity contribution in [2.24, 2.45) is 12.8 Å². The molecule has 1 heterocycles. The predicted octanol–water partition coefficient (Wildman–Crippen LogP) is 2.32. The lowest BCUT2D eigenvalue weighted by atomic mass is 9.93. The number of hydrogen-bond acceptors (Lipinski definition) is 3. The molecule has 1 aromatic rings. The van der Waals surface area contributed by atoms with Crippen molar-refractivity contribution >= 4 is 0 Å². The quantitative estimate of drug-likeness (QED) is 0.815. The van der Waals surface area contributed by atoms with Gasteiger partial charge in [0.2, 0.25) is 0 Å². The van der Waals surface area contributed by atoms with Gasteiger partial charge in [0, 0.05) is 7.05 Å². The molecular formula is C13H21N3O. The molecule has 4 heteroatoms. The number of rotatable bonds is 4. The van der Waals surface area contributed by atoms with Crippen LogP contribution in [0.25, 0.3) is 0 Å². The lowest BCUT2D eigenvalue weighted by molar-refractivity contribution is 0.402. The van der Waals surface area contributed by atoms with Gasteiger partial charge in [0.05, 0.1) is 25.0 Å². The number of ether oxygens (including phenoxy) is 1. The summed E-state index contributed by atoms with van der Waals surface area (Å²) in [5.41, 5.74) is 8.73. The van der Waals surface area contributed by atoms with E-state index in [1.807, 2.05) is 11.7 Å². The summed E-state index contributed by atoms with van der Waals surface area (Å²) in [4.78, 5) is 0. The monoisotopic (exact) mass is 235 g/mol. The third-order valence-electron chi connectivity index (χ3n) is 3.39. The number of nitrogens with zero attached hydrogens (tertiary/aromatic N) is 2. The van der Waals surface area contributed by atoms with E-state index in [4.69, 9.17) is 10.5 Å². The molecule has 0 fully saturated rings. The first-order valence-corrected chi connectivity index (χ1v) is 6.21. The Morgan fingerprint density at radius 1 is 1.53 bits per heavy atom. The van der Waals surface area contributed by atoms with E-state index in [9.17, 15) is 0 Å². The van der Waals surface area contributed by atoms with Crippen LogP contribution < -0.4 is 10.5 Å². The fourth-order valence-electron chi connectivity index (χ4n) is 2.48. The summed E-state index contributed by atoms with van der Waals surface area (Å²) in [6, 6.07) is -0.0261. The molecule has 1 unspecified atom stereocenters. The van der Waals surface area contributed by atoms with Gasteiger partial charge < -0.3 is 10.5 Å². The summed E-state index contributed by atoms with van der Waals surface area (Å²) >= 11 is 0. The van der Waals surface area contributed by atoms with Gasteiger partial charge in [-0.25, -0.2) is 0 Å². The maximum atomic E-state index is 6.27. The van der Waals surface area contributed by atoms with Gasteiger partial charge in [0.15, 0.2) is 5.75 Å². The highest BCUT2D eigenvalue weighted by molar-refractivity contribution is 5.29. The SMILES string of the molecule is COc1cnn(C)c1C(N)CC1=CCCCC1. The first-order chi connectivity index (χ1) is 8.22. The van der Waals surface area contributed by atoms with Crippen LogP contribution in [-0.4, -0.2) is 16.9 Å². The highest BCUT2D eigenvalue weighted by atomic mass is 16.5. The third-order valence-corrected chi connectivity index (χ3v) is 3.39. The molecule has 0 radical (unpaired) electrons. The summed E-state index contributed by atoms with van der Waals surface area (Å²) in [7, 11) is 3.57. The number of allylic oxidation sites excluding steroid dienone is 1. The Kier molecular flexibility index (Phi) is 3.84. The molecule has 0 bridgehead atoms. The van der Waals surface area contributed by atoms with Crippen LogP contribution in [0.2, 0.25) is 0 Å². The van der Waals surface area contributed by atoms with E-state index in [1.165, 1.54) is 31.3 Å². The second kappa shape index (κ2) is 5.36. The predicted molar refractivity (Wildman–Crippen MR) is 67.9 cm³/mol. The van der Waals surface area contributed by atoms with Crippen molar-refractivity contribution in [3.05, 3.63) is 23.5 Å². The second-order valence-electron chi connectivity index (χ2n) is 4.64. The van der Waals surface area contributed by atoms with E-state index in [2.05, 4.69) is 11.2 Å². The zero-order valence-corrected chi connectivity index (χ0v) is 10.6. The number of hydrogen-bond donors (Lipinski definition) is 1. The van der Waals surface area contributed by atoms with E-state index >= 15 is 0 Å². The highest BCUT2D eigenvalue weighted by Crippen LogP contribution is 2.30. The average molecular weight is 235 g/mol. The van der Waals surface area contributed by atoms with Gasteiger partial charge in [-0.3, -0.25) is 4.68 Å². The summed E-state index contributed by atoms with van der Waals surface area (Å²) in [6.45, 7) is 0. The Balaban J connectivity index is 2.10. The van der Waals surface area contributed by atoms with Crippen LogP contribution in [0.3, 0.4) is 0 Å². The molecular weight excluding hydrogens is 214 g/mol. The maximum Gasteiger partial charge on any atom is 0.161 e. The summed E-state index contributed by atoms with van der Waals surface area (Å²) in [5, 5.41) is 4.19. The zero-order chi connectivity index (χ0) is 12.3. The number of methoxy groups -OCH3 is 1. The van der Waals surface area contributed by atoms with Crippen molar-refractivity contribution in [3.8, 4) is 5.75 Å². The molecule has 17 heavy (non-hydrogen) atoms. The lowest BCUT2D eigenvalue weighted by Crippen LogP contribution is -2.16. The molecule has 0 aliphatic heterocycles. The minimum Gasteiger partial charge on any atom is -0.493 e. The Labute approximate surface area is 102 Å². The van der Waals surface area contributed by atoms with Crippen molar-refractivity contribution < 1.29 is 4.74 Å². The zero-order valence-electron chi connectivity index (χ0n) is 10.6. The topological polar surface area (TPSA) is 53.1 Å². The molecule has 2 rings (SSSR count). The molecule has 0 aromatic carbocycles. The molecule has 1 aliphatic rings. The average Bonchev–Trinajstić information content (AvgIpc) is 2.71. The highest BCUT2D eigenvalue weighted by Gasteiger charge is 2.18. The summed E-state index contributed by atoms with van der Waals surface area (Å²) < 4.78 is 7.11. The Morgan fingerprint density at radius 2 is 2.35 bits per heavy atom. The lowest BCUT2D eigenvalue weighted by Gasteiger charge is -2.18. The Morgan fingerprint density at radius 3 is 3.00 bits per heavy atom. The van der Waals surface area contributed by atoms with Crippen LogP contribution >= 0.6 is 0 Å². The van der Waals surface area contributed by atoms with Gasteiger partial charge in [-0.05, 0) is 32.1 Å². The molecule has 1 atom stereocenters. The largest absolute Gasteiger partial charge is 0.493 e. The van der Waals surface area contributed by atoms with Crippen LogP contribution in [-0.2, 0) is 7.05 Å². The first-order valence-electron chi connectivity index (χ1n) is 6.21. The molecule has 0 spiro atoms. The van der Waals surface area contributed by atoms with Crippen LogP contribution in [0, 0.1) is 0 Å². The van der Waals surface area contributed by atoms with Gasteiger partial charge in [-0.2, -0.15) is 5.10 Å². The minimum absolute atomic E-state index is 0.0261. The Bertz CT molecular complexity index is 409. The van der Waals surface area contributed by atoms with Crippen LogP contribution in [0.15, 0.2) is 17.8 Å². The maximum absolute atomic E-state index is 6.27. The van der Waals surface area contributed by atoms with Gasteiger partial charge in [0.25, 0.3) is 0 Å². The van der Waals surface area contributed by atoms with Crippen molar-refractivity contribution in [1.82, 2.24) is 9.78 Å². The summed E-state index contributed by atoms with van der Waals surface area (Å²) in [5.74, 6) is 0.788. The van der Waals surface area contributed by atoms with Gasteiger partial charge in [-0.15, -0.1) is 0 Å². The molecule has 2 N–H and O–H groups in total. The van der Waals surface area contributed by atoms with Gasteiger partial charge in [-0.1, -0.05) is 11.6 Å². The van der Waals surface area contributed by atoms with E-state index in [0.29, 0.717) is 0 Å². The molecule has 4 nitrogen and oxygen atoms in total. The molecule has 0 saturated heterocycles. The molecule has 94 valence electrons. The minimum atomic E-state index is -0.0261. The first kappa shape index (κ1) is 12.2. The third kappa shape index (κ3) is 2.69. The van der Waals surface area contributed by atoms with Gasteiger partial charge >= 0.3 is 0 Å². The fourth-order valence-corrected chi connectivity index (χ4v) is 2.48. The number of aromatic nitrogens is 2. The van der Waals surface area contributed by atoms with Crippen molar-refractivity contribution in [1.29, 1.82) is 0 Å². The van der Waals surface area contributed by atoms with Crippen molar-refractivity contribution in [2.75, 3.05) is 7.11 Å². The normalized spacial score (nSPS) is 17.7. The molecule has 0 saturated carbocycles. The van der Waals surface area contributed by atoms with Crippen molar-refractivity contribution in [2.45, 2.75) is 38.1 Å². The second-order valence-corrected chi connectivity index (χ2v) is 4.64. The number of nitrogens with two attached hydrogens (primary N) is 1.